The molecule has 19 heavy (non-hydrogen) atoms. The molecule has 0 radical (unpaired) electrons. The van der Waals surface area contributed by atoms with Gasteiger partial charge in [-0.05, 0) is 25.0 Å². The highest BCUT2D eigenvalue weighted by Gasteiger charge is 2.32. The molecule has 1 aliphatic carbocycles. The highest BCUT2D eigenvalue weighted by molar-refractivity contribution is 7.89. The van der Waals surface area contributed by atoms with E-state index in [0.29, 0.717) is 25.7 Å². The third-order valence-corrected chi connectivity index (χ3v) is 5.46. The number of Topliss-reactive ketones (excluding diaryl/α,β-unsaturated/α-hetero) is 1. The van der Waals surface area contributed by atoms with Gasteiger partial charge in [0.15, 0.2) is 0 Å². The van der Waals surface area contributed by atoms with Crippen LogP contribution in [0, 0.1) is 5.82 Å². The largest absolute Gasteiger partial charge is 0.300 e. The average molecular weight is 285 g/mol. The molecule has 1 aromatic rings. The summed E-state index contributed by atoms with van der Waals surface area (Å²) in [5.74, 6) is -0.589. The molecule has 1 aliphatic rings. The van der Waals surface area contributed by atoms with Crippen molar-refractivity contribution in [3.05, 3.63) is 30.1 Å². The van der Waals surface area contributed by atoms with E-state index >= 15 is 0 Å². The first-order chi connectivity index (χ1) is 8.93. The summed E-state index contributed by atoms with van der Waals surface area (Å²) >= 11 is 0. The Morgan fingerprint density at radius 1 is 1.21 bits per heavy atom. The van der Waals surface area contributed by atoms with E-state index in [1.165, 1.54) is 29.6 Å². The number of carbonyl (C=O) groups is 1. The third-order valence-electron chi connectivity index (χ3n) is 3.52. The first kappa shape index (κ1) is 14.1. The zero-order valence-corrected chi connectivity index (χ0v) is 11.5. The molecule has 1 saturated carbocycles. The Bertz CT molecular complexity index is 575. The van der Waals surface area contributed by atoms with E-state index < -0.39 is 15.8 Å². The van der Waals surface area contributed by atoms with Gasteiger partial charge in [-0.25, -0.2) is 12.8 Å². The molecule has 1 aromatic carbocycles. The van der Waals surface area contributed by atoms with Crippen LogP contribution in [-0.4, -0.2) is 31.6 Å². The number of rotatable bonds is 3. The Labute approximate surface area is 112 Å². The Kier molecular flexibility index (Phi) is 4.01. The van der Waals surface area contributed by atoms with Gasteiger partial charge in [0.1, 0.15) is 16.5 Å². The SMILES string of the molecule is CN(C1CCC(=O)CC1)S(=O)(=O)c1ccccc1F. The number of halogens is 1. The van der Waals surface area contributed by atoms with Crippen molar-refractivity contribution in [2.45, 2.75) is 36.6 Å². The molecule has 0 N–H and O–H groups in total. The van der Waals surface area contributed by atoms with E-state index in [1.54, 1.807) is 0 Å². The smallest absolute Gasteiger partial charge is 0.245 e. The Balaban J connectivity index is 2.25. The van der Waals surface area contributed by atoms with Gasteiger partial charge in [-0.15, -0.1) is 0 Å². The van der Waals surface area contributed by atoms with Crippen molar-refractivity contribution >= 4 is 15.8 Å². The first-order valence-electron chi connectivity index (χ1n) is 6.17. The van der Waals surface area contributed by atoms with Crippen molar-refractivity contribution in [2.24, 2.45) is 0 Å². The maximum absolute atomic E-state index is 13.6. The van der Waals surface area contributed by atoms with Crippen LogP contribution in [0.5, 0.6) is 0 Å². The van der Waals surface area contributed by atoms with Gasteiger partial charge in [-0.3, -0.25) is 4.79 Å². The summed E-state index contributed by atoms with van der Waals surface area (Å²) in [6, 6.07) is 5.10. The monoisotopic (exact) mass is 285 g/mol. The van der Waals surface area contributed by atoms with Gasteiger partial charge in [0.2, 0.25) is 10.0 Å². The van der Waals surface area contributed by atoms with Gasteiger partial charge in [0.25, 0.3) is 0 Å². The van der Waals surface area contributed by atoms with Crippen LogP contribution in [0.15, 0.2) is 29.2 Å². The van der Waals surface area contributed by atoms with Crippen LogP contribution in [0.25, 0.3) is 0 Å². The van der Waals surface area contributed by atoms with Crippen molar-refractivity contribution < 1.29 is 17.6 Å². The highest BCUT2D eigenvalue weighted by atomic mass is 32.2. The molecule has 104 valence electrons. The van der Waals surface area contributed by atoms with Crippen LogP contribution in [0.4, 0.5) is 4.39 Å². The molecule has 0 spiro atoms. The van der Waals surface area contributed by atoms with E-state index in [2.05, 4.69) is 0 Å². The maximum Gasteiger partial charge on any atom is 0.245 e. The van der Waals surface area contributed by atoms with Crippen LogP contribution in [0.1, 0.15) is 25.7 Å². The fraction of sp³-hybridized carbons (Fsp3) is 0.462. The molecule has 1 fully saturated rings. The summed E-state index contributed by atoms with van der Waals surface area (Å²) in [6.45, 7) is 0. The van der Waals surface area contributed by atoms with Gasteiger partial charge in [0, 0.05) is 25.9 Å². The molecule has 0 amide bonds. The lowest BCUT2D eigenvalue weighted by atomic mass is 9.95. The third kappa shape index (κ3) is 2.84. The van der Waals surface area contributed by atoms with Gasteiger partial charge in [-0.2, -0.15) is 4.31 Å². The van der Waals surface area contributed by atoms with Crippen LogP contribution >= 0.6 is 0 Å². The predicted molar refractivity (Wildman–Crippen MR) is 68.6 cm³/mol. The molecule has 4 nitrogen and oxygen atoms in total. The van der Waals surface area contributed by atoms with Crippen molar-refractivity contribution in [3.8, 4) is 0 Å². The summed E-state index contributed by atoms with van der Waals surface area (Å²) < 4.78 is 39.5. The van der Waals surface area contributed by atoms with Crippen molar-refractivity contribution in [1.29, 1.82) is 0 Å². The summed E-state index contributed by atoms with van der Waals surface area (Å²) in [7, 11) is -2.39. The van der Waals surface area contributed by atoms with Crippen LogP contribution < -0.4 is 0 Å². The summed E-state index contributed by atoms with van der Waals surface area (Å²) in [6.07, 6.45) is 1.79. The van der Waals surface area contributed by atoms with E-state index in [0.717, 1.165) is 6.07 Å². The minimum atomic E-state index is -3.84. The lowest BCUT2D eigenvalue weighted by Gasteiger charge is -2.29. The summed E-state index contributed by atoms with van der Waals surface area (Å²) in [5, 5.41) is 0. The lowest BCUT2D eigenvalue weighted by molar-refractivity contribution is -0.120. The molecule has 0 aliphatic heterocycles. The zero-order chi connectivity index (χ0) is 14.0. The molecule has 0 unspecified atom stereocenters. The zero-order valence-electron chi connectivity index (χ0n) is 10.7. The fourth-order valence-electron chi connectivity index (χ4n) is 2.29. The predicted octanol–water partition coefficient (Wildman–Crippen LogP) is 1.96. The number of nitrogens with zero attached hydrogens (tertiary/aromatic N) is 1. The molecular formula is C13H16FNO3S. The minimum Gasteiger partial charge on any atom is -0.300 e. The standard InChI is InChI=1S/C13H16FNO3S/c1-15(10-6-8-11(16)9-7-10)19(17,18)13-5-3-2-4-12(13)14/h2-5,10H,6-9H2,1H3. The number of benzene rings is 1. The molecule has 0 heterocycles. The van der Waals surface area contributed by atoms with Crippen molar-refractivity contribution in [3.63, 3.8) is 0 Å². The molecule has 0 atom stereocenters. The Morgan fingerprint density at radius 3 is 2.37 bits per heavy atom. The molecule has 6 heteroatoms. The van der Waals surface area contributed by atoms with Crippen LogP contribution in [0.3, 0.4) is 0 Å². The highest BCUT2D eigenvalue weighted by Crippen LogP contribution is 2.26. The van der Waals surface area contributed by atoms with Crippen molar-refractivity contribution in [1.82, 2.24) is 4.31 Å². The number of sulfonamides is 1. The summed E-state index contributed by atoms with van der Waals surface area (Å²) in [4.78, 5) is 10.9. The molecular weight excluding hydrogens is 269 g/mol. The fourth-order valence-corrected chi connectivity index (χ4v) is 3.77. The van der Waals surface area contributed by atoms with Crippen LogP contribution in [0.2, 0.25) is 0 Å². The lowest BCUT2D eigenvalue weighted by Crippen LogP contribution is -2.39. The number of hydrogen-bond acceptors (Lipinski definition) is 3. The molecule has 2 rings (SSSR count). The van der Waals surface area contributed by atoms with Crippen molar-refractivity contribution in [2.75, 3.05) is 7.05 Å². The van der Waals surface area contributed by atoms with E-state index in [-0.39, 0.29) is 16.7 Å². The van der Waals surface area contributed by atoms with Gasteiger partial charge in [-0.1, -0.05) is 12.1 Å². The number of ketones is 1. The second-order valence-electron chi connectivity index (χ2n) is 4.72. The molecule has 0 saturated heterocycles. The first-order valence-corrected chi connectivity index (χ1v) is 7.61. The Morgan fingerprint density at radius 2 is 1.79 bits per heavy atom. The molecule has 0 bridgehead atoms. The quantitative estimate of drug-likeness (QED) is 0.853. The maximum atomic E-state index is 13.6. The molecule has 0 aromatic heterocycles. The van der Waals surface area contributed by atoms with Crippen LogP contribution in [-0.2, 0) is 14.8 Å². The Hall–Kier alpha value is -1.27. The second-order valence-corrected chi connectivity index (χ2v) is 6.69. The van der Waals surface area contributed by atoms with Gasteiger partial charge in [0.05, 0.1) is 0 Å². The van der Waals surface area contributed by atoms with E-state index in [1.807, 2.05) is 0 Å². The van der Waals surface area contributed by atoms with Gasteiger partial charge >= 0.3 is 0 Å². The second kappa shape index (κ2) is 5.38. The van der Waals surface area contributed by atoms with E-state index in [4.69, 9.17) is 0 Å². The number of carbonyl (C=O) groups excluding carboxylic acids is 1. The average Bonchev–Trinajstić information content (AvgIpc) is 2.39. The van der Waals surface area contributed by atoms with E-state index in [9.17, 15) is 17.6 Å². The normalized spacial score (nSPS) is 17.9. The summed E-state index contributed by atoms with van der Waals surface area (Å²) in [5.41, 5.74) is 0. The minimum absolute atomic E-state index is 0.160. The van der Waals surface area contributed by atoms with Gasteiger partial charge < -0.3 is 0 Å². The number of hydrogen-bond donors (Lipinski definition) is 0. The topological polar surface area (TPSA) is 54.5 Å².